The molecular formula is C14H11BrF2O2. The lowest BCUT2D eigenvalue weighted by Crippen LogP contribution is -1.98. The van der Waals surface area contributed by atoms with Crippen LogP contribution in [0.5, 0.6) is 11.5 Å². The molecule has 0 saturated heterocycles. The molecule has 0 atom stereocenters. The number of hydrogen-bond acceptors (Lipinski definition) is 2. The molecule has 0 fully saturated rings. The van der Waals surface area contributed by atoms with Crippen LogP contribution in [-0.2, 0) is 6.61 Å². The average Bonchev–Trinajstić information content (AvgIpc) is 2.36. The van der Waals surface area contributed by atoms with Crippen LogP contribution in [0.25, 0.3) is 0 Å². The standard InChI is InChI=1S/C14H11BrF2O2/c1-18-12-2-3-14(13(15)7-12)19-8-9-4-10(16)6-11(17)5-9/h2-7H,8H2,1H3. The molecule has 0 aliphatic carbocycles. The summed E-state index contributed by atoms with van der Waals surface area (Å²) in [4.78, 5) is 0. The minimum Gasteiger partial charge on any atom is -0.497 e. The summed E-state index contributed by atoms with van der Waals surface area (Å²) in [5.74, 6) is 0.0290. The molecule has 100 valence electrons. The third kappa shape index (κ3) is 3.67. The highest BCUT2D eigenvalue weighted by atomic mass is 79.9. The zero-order chi connectivity index (χ0) is 13.8. The second-order valence-corrected chi connectivity index (χ2v) is 4.72. The normalized spacial score (nSPS) is 10.3. The van der Waals surface area contributed by atoms with E-state index in [2.05, 4.69) is 15.9 Å². The maximum atomic E-state index is 13.0. The Bertz CT molecular complexity index is 567. The molecule has 2 nitrogen and oxygen atoms in total. The summed E-state index contributed by atoms with van der Waals surface area (Å²) >= 11 is 3.34. The van der Waals surface area contributed by atoms with Gasteiger partial charge in [0.2, 0.25) is 0 Å². The molecule has 0 aliphatic heterocycles. The average molecular weight is 329 g/mol. The summed E-state index contributed by atoms with van der Waals surface area (Å²) in [7, 11) is 1.57. The Labute approximate surface area is 118 Å². The van der Waals surface area contributed by atoms with E-state index in [0.717, 1.165) is 6.07 Å². The Morgan fingerprint density at radius 1 is 1.05 bits per heavy atom. The van der Waals surface area contributed by atoms with Gasteiger partial charge in [-0.3, -0.25) is 0 Å². The van der Waals surface area contributed by atoms with Gasteiger partial charge in [0.05, 0.1) is 11.6 Å². The molecule has 0 heterocycles. The fraction of sp³-hybridized carbons (Fsp3) is 0.143. The minimum atomic E-state index is -0.618. The third-order valence-electron chi connectivity index (χ3n) is 2.46. The molecule has 0 unspecified atom stereocenters. The van der Waals surface area contributed by atoms with Crippen LogP contribution in [0.4, 0.5) is 8.78 Å². The highest BCUT2D eigenvalue weighted by molar-refractivity contribution is 9.10. The van der Waals surface area contributed by atoms with E-state index in [9.17, 15) is 8.78 Å². The van der Waals surface area contributed by atoms with Gasteiger partial charge in [0, 0.05) is 6.07 Å². The van der Waals surface area contributed by atoms with E-state index in [4.69, 9.17) is 9.47 Å². The van der Waals surface area contributed by atoms with Gasteiger partial charge in [-0.15, -0.1) is 0 Å². The number of halogens is 3. The first kappa shape index (κ1) is 13.8. The summed E-state index contributed by atoms with van der Waals surface area (Å²) < 4.78 is 37.3. The molecule has 0 N–H and O–H groups in total. The van der Waals surface area contributed by atoms with Crippen LogP contribution in [0.2, 0.25) is 0 Å². The van der Waals surface area contributed by atoms with Crippen molar-refractivity contribution in [1.29, 1.82) is 0 Å². The second kappa shape index (κ2) is 6.02. The maximum absolute atomic E-state index is 13.0. The van der Waals surface area contributed by atoms with E-state index < -0.39 is 11.6 Å². The quantitative estimate of drug-likeness (QED) is 0.832. The van der Waals surface area contributed by atoms with Crippen molar-refractivity contribution in [3.63, 3.8) is 0 Å². The van der Waals surface area contributed by atoms with Crippen LogP contribution in [0, 0.1) is 11.6 Å². The van der Waals surface area contributed by atoms with Gasteiger partial charge in [0.15, 0.2) is 0 Å². The van der Waals surface area contributed by atoms with Crippen LogP contribution in [0.3, 0.4) is 0 Å². The molecule has 19 heavy (non-hydrogen) atoms. The molecule has 0 aromatic heterocycles. The lowest BCUT2D eigenvalue weighted by molar-refractivity contribution is 0.302. The zero-order valence-corrected chi connectivity index (χ0v) is 11.7. The summed E-state index contributed by atoms with van der Waals surface area (Å²) in [5, 5.41) is 0. The molecule has 0 aliphatic rings. The summed E-state index contributed by atoms with van der Waals surface area (Å²) in [6.07, 6.45) is 0. The lowest BCUT2D eigenvalue weighted by atomic mass is 10.2. The van der Waals surface area contributed by atoms with E-state index in [-0.39, 0.29) is 6.61 Å². The van der Waals surface area contributed by atoms with Crippen LogP contribution in [0.15, 0.2) is 40.9 Å². The molecule has 0 amide bonds. The highest BCUT2D eigenvalue weighted by Gasteiger charge is 2.05. The molecular weight excluding hydrogens is 318 g/mol. The van der Waals surface area contributed by atoms with Gasteiger partial charge in [-0.1, -0.05) is 0 Å². The van der Waals surface area contributed by atoms with Gasteiger partial charge in [-0.2, -0.15) is 0 Å². The van der Waals surface area contributed by atoms with Crippen LogP contribution < -0.4 is 9.47 Å². The van der Waals surface area contributed by atoms with Gasteiger partial charge >= 0.3 is 0 Å². The topological polar surface area (TPSA) is 18.5 Å². The van der Waals surface area contributed by atoms with Crippen molar-refractivity contribution in [2.24, 2.45) is 0 Å². The SMILES string of the molecule is COc1ccc(OCc2cc(F)cc(F)c2)c(Br)c1. The van der Waals surface area contributed by atoms with Crippen molar-refractivity contribution >= 4 is 15.9 Å². The molecule has 5 heteroatoms. The summed E-state index contributed by atoms with van der Waals surface area (Å²) in [6.45, 7) is 0.0829. The fourth-order valence-corrected chi connectivity index (χ4v) is 2.05. The summed E-state index contributed by atoms with van der Waals surface area (Å²) in [6, 6.07) is 8.51. The summed E-state index contributed by atoms with van der Waals surface area (Å²) in [5.41, 5.74) is 0.431. The van der Waals surface area contributed by atoms with E-state index in [1.165, 1.54) is 12.1 Å². The predicted molar refractivity (Wildman–Crippen MR) is 71.4 cm³/mol. The van der Waals surface area contributed by atoms with Gasteiger partial charge in [0.1, 0.15) is 29.7 Å². The van der Waals surface area contributed by atoms with Crippen molar-refractivity contribution in [3.8, 4) is 11.5 Å². The van der Waals surface area contributed by atoms with Crippen molar-refractivity contribution in [3.05, 3.63) is 58.1 Å². The van der Waals surface area contributed by atoms with Gasteiger partial charge in [0.25, 0.3) is 0 Å². The Morgan fingerprint density at radius 2 is 1.74 bits per heavy atom. The van der Waals surface area contributed by atoms with Crippen LogP contribution in [-0.4, -0.2) is 7.11 Å². The first-order valence-corrected chi connectivity index (χ1v) is 6.29. The van der Waals surface area contributed by atoms with Crippen molar-refractivity contribution < 1.29 is 18.3 Å². The number of ether oxygens (including phenoxy) is 2. The van der Waals surface area contributed by atoms with E-state index >= 15 is 0 Å². The zero-order valence-electron chi connectivity index (χ0n) is 10.1. The first-order valence-electron chi connectivity index (χ1n) is 5.50. The van der Waals surface area contributed by atoms with Gasteiger partial charge < -0.3 is 9.47 Å². The Morgan fingerprint density at radius 3 is 2.32 bits per heavy atom. The minimum absolute atomic E-state index is 0.0829. The van der Waals surface area contributed by atoms with Gasteiger partial charge in [-0.25, -0.2) is 8.78 Å². The Balaban J connectivity index is 2.10. The van der Waals surface area contributed by atoms with Crippen LogP contribution >= 0.6 is 15.9 Å². The number of benzene rings is 2. The first-order chi connectivity index (χ1) is 9.08. The fourth-order valence-electron chi connectivity index (χ4n) is 1.58. The maximum Gasteiger partial charge on any atom is 0.134 e. The van der Waals surface area contributed by atoms with Crippen molar-refractivity contribution in [2.45, 2.75) is 6.61 Å². The molecule has 2 aromatic carbocycles. The van der Waals surface area contributed by atoms with E-state index in [1.54, 1.807) is 25.3 Å². The molecule has 2 aromatic rings. The molecule has 0 spiro atoms. The van der Waals surface area contributed by atoms with Crippen molar-refractivity contribution in [1.82, 2.24) is 0 Å². The molecule has 2 rings (SSSR count). The largest absolute Gasteiger partial charge is 0.497 e. The smallest absolute Gasteiger partial charge is 0.134 e. The molecule has 0 radical (unpaired) electrons. The molecule has 0 bridgehead atoms. The number of methoxy groups -OCH3 is 1. The number of hydrogen-bond donors (Lipinski definition) is 0. The second-order valence-electron chi connectivity index (χ2n) is 3.86. The van der Waals surface area contributed by atoms with Crippen LogP contribution in [0.1, 0.15) is 5.56 Å². The molecule has 0 saturated carbocycles. The van der Waals surface area contributed by atoms with Gasteiger partial charge in [-0.05, 0) is 51.8 Å². The highest BCUT2D eigenvalue weighted by Crippen LogP contribution is 2.29. The van der Waals surface area contributed by atoms with Crippen molar-refractivity contribution in [2.75, 3.05) is 7.11 Å². The Kier molecular flexibility index (Phi) is 4.37. The predicted octanol–water partition coefficient (Wildman–Crippen LogP) is 4.31. The van der Waals surface area contributed by atoms with E-state index in [0.29, 0.717) is 21.5 Å². The third-order valence-corrected chi connectivity index (χ3v) is 3.08. The van der Waals surface area contributed by atoms with E-state index in [1.807, 2.05) is 0 Å². The lowest BCUT2D eigenvalue weighted by Gasteiger charge is -2.09. The Hall–Kier alpha value is -1.62. The monoisotopic (exact) mass is 328 g/mol. The number of rotatable bonds is 4.